The highest BCUT2D eigenvalue weighted by Crippen LogP contribution is 2.26. The summed E-state index contributed by atoms with van der Waals surface area (Å²) in [7, 11) is 0. The molecule has 2 aliphatic rings. The van der Waals surface area contributed by atoms with E-state index < -0.39 is 5.91 Å². The van der Waals surface area contributed by atoms with E-state index in [1.54, 1.807) is 29.2 Å². The minimum atomic E-state index is -0.437. The predicted molar refractivity (Wildman–Crippen MR) is 111 cm³/mol. The third-order valence-corrected chi connectivity index (χ3v) is 5.37. The number of aryl methyl sites for hydroxylation is 1. The van der Waals surface area contributed by atoms with Crippen LogP contribution in [0.3, 0.4) is 0 Å². The van der Waals surface area contributed by atoms with Crippen LogP contribution in [-0.2, 0) is 16.0 Å². The van der Waals surface area contributed by atoms with E-state index >= 15 is 0 Å². The average Bonchev–Trinajstić information content (AvgIpc) is 3.18. The van der Waals surface area contributed by atoms with Crippen LogP contribution < -0.4 is 20.7 Å². The summed E-state index contributed by atoms with van der Waals surface area (Å²) in [6.07, 6.45) is 3.28. The Morgan fingerprint density at radius 3 is 2.38 bits per heavy atom. The van der Waals surface area contributed by atoms with Gasteiger partial charge in [-0.3, -0.25) is 25.2 Å². The van der Waals surface area contributed by atoms with E-state index in [1.807, 2.05) is 23.1 Å². The first-order valence-corrected chi connectivity index (χ1v) is 9.95. The number of nitrogens with one attached hydrogen (secondary N) is 2. The molecule has 0 bridgehead atoms. The Morgan fingerprint density at radius 2 is 1.59 bits per heavy atom. The van der Waals surface area contributed by atoms with E-state index in [0.717, 1.165) is 31.5 Å². The lowest BCUT2D eigenvalue weighted by Crippen LogP contribution is -2.47. The van der Waals surface area contributed by atoms with Crippen LogP contribution in [0.5, 0.6) is 0 Å². The van der Waals surface area contributed by atoms with E-state index in [1.165, 1.54) is 5.56 Å². The quantitative estimate of drug-likeness (QED) is 0.780. The highest BCUT2D eigenvalue weighted by atomic mass is 16.2. The lowest BCUT2D eigenvalue weighted by molar-refractivity contribution is -0.120. The van der Waals surface area contributed by atoms with Gasteiger partial charge in [-0.1, -0.05) is 30.3 Å². The minimum absolute atomic E-state index is 0.0121. The Bertz CT molecular complexity index is 943. The fraction of sp³-hybridized carbons (Fsp3) is 0.318. The van der Waals surface area contributed by atoms with Gasteiger partial charge in [0.2, 0.25) is 5.91 Å². The molecule has 7 heteroatoms. The van der Waals surface area contributed by atoms with Crippen LogP contribution in [0.4, 0.5) is 11.4 Å². The summed E-state index contributed by atoms with van der Waals surface area (Å²) in [6.45, 7) is 1.58. The Hall–Kier alpha value is -3.35. The molecule has 2 aromatic rings. The maximum atomic E-state index is 12.6. The Balaban J connectivity index is 1.38. The highest BCUT2D eigenvalue weighted by Gasteiger charge is 2.26. The molecule has 0 unspecified atom stereocenters. The number of fused-ring (bicyclic) bond motifs is 1. The maximum Gasteiger partial charge on any atom is 0.271 e. The van der Waals surface area contributed by atoms with Crippen LogP contribution >= 0.6 is 0 Å². The number of anilines is 2. The smallest absolute Gasteiger partial charge is 0.271 e. The minimum Gasteiger partial charge on any atom is -0.362 e. The summed E-state index contributed by atoms with van der Waals surface area (Å²) in [4.78, 5) is 40.8. The van der Waals surface area contributed by atoms with Crippen molar-refractivity contribution in [1.29, 1.82) is 0 Å². The molecule has 2 N–H and O–H groups in total. The fourth-order valence-corrected chi connectivity index (χ4v) is 3.99. The van der Waals surface area contributed by atoms with Gasteiger partial charge in [-0.25, -0.2) is 0 Å². The van der Waals surface area contributed by atoms with E-state index in [9.17, 15) is 14.4 Å². The van der Waals surface area contributed by atoms with Crippen molar-refractivity contribution in [2.75, 3.05) is 29.4 Å². The van der Waals surface area contributed by atoms with E-state index in [4.69, 9.17) is 0 Å². The van der Waals surface area contributed by atoms with Crippen molar-refractivity contribution < 1.29 is 14.4 Å². The molecule has 1 saturated heterocycles. The number of hydrogen-bond donors (Lipinski definition) is 2. The zero-order valence-electron chi connectivity index (χ0n) is 16.2. The third-order valence-electron chi connectivity index (χ3n) is 5.37. The van der Waals surface area contributed by atoms with E-state index in [2.05, 4.69) is 16.9 Å². The van der Waals surface area contributed by atoms with Gasteiger partial charge in [0.15, 0.2) is 0 Å². The number of nitrogens with zero attached hydrogens (tertiary/aromatic N) is 2. The second-order valence-electron chi connectivity index (χ2n) is 7.32. The van der Waals surface area contributed by atoms with Crippen LogP contribution in [0.25, 0.3) is 0 Å². The van der Waals surface area contributed by atoms with Gasteiger partial charge in [0.05, 0.1) is 17.8 Å². The largest absolute Gasteiger partial charge is 0.362 e. The number of carbonyl (C=O) groups is 3. The second-order valence-corrected chi connectivity index (χ2v) is 7.32. The Morgan fingerprint density at radius 1 is 0.862 bits per heavy atom. The topological polar surface area (TPSA) is 81.8 Å². The van der Waals surface area contributed by atoms with Crippen molar-refractivity contribution in [3.05, 3.63) is 59.7 Å². The van der Waals surface area contributed by atoms with Gasteiger partial charge in [0.1, 0.15) is 0 Å². The molecule has 0 spiro atoms. The Labute approximate surface area is 169 Å². The number of carbonyl (C=O) groups excluding carboxylic acids is 3. The first kappa shape index (κ1) is 19.0. The van der Waals surface area contributed by atoms with Crippen molar-refractivity contribution in [2.24, 2.45) is 0 Å². The molecule has 2 heterocycles. The van der Waals surface area contributed by atoms with Crippen LogP contribution in [0.2, 0.25) is 0 Å². The van der Waals surface area contributed by atoms with Gasteiger partial charge in [0.25, 0.3) is 11.8 Å². The first-order chi connectivity index (χ1) is 14.1. The summed E-state index contributed by atoms with van der Waals surface area (Å²) in [5.41, 5.74) is 8.24. The number of benzene rings is 2. The van der Waals surface area contributed by atoms with Gasteiger partial charge in [0, 0.05) is 25.2 Å². The number of hydrogen-bond acceptors (Lipinski definition) is 4. The normalized spacial score (nSPS) is 15.8. The number of amides is 3. The molecule has 4 rings (SSSR count). The molecule has 1 fully saturated rings. The molecule has 0 saturated carbocycles. The molecule has 2 aromatic carbocycles. The maximum absolute atomic E-state index is 12.6. The van der Waals surface area contributed by atoms with Gasteiger partial charge >= 0.3 is 0 Å². The van der Waals surface area contributed by atoms with Crippen molar-refractivity contribution in [3.63, 3.8) is 0 Å². The molecule has 150 valence electrons. The van der Waals surface area contributed by atoms with E-state index in [0.29, 0.717) is 24.2 Å². The monoisotopic (exact) mass is 392 g/mol. The van der Waals surface area contributed by atoms with Crippen LogP contribution in [0.1, 0.15) is 35.2 Å². The van der Waals surface area contributed by atoms with Crippen molar-refractivity contribution in [2.45, 2.75) is 25.7 Å². The molecule has 0 radical (unpaired) electrons. The van der Waals surface area contributed by atoms with Gasteiger partial charge < -0.3 is 9.80 Å². The number of para-hydroxylation sites is 2. The second kappa shape index (κ2) is 8.34. The summed E-state index contributed by atoms with van der Waals surface area (Å²) in [5.74, 6) is -0.712. The fourth-order valence-electron chi connectivity index (χ4n) is 3.99. The SMILES string of the molecule is O=C(CN1CCCc2ccccc21)NNC(=O)c1ccccc1N1CCCC1=O. The summed E-state index contributed by atoms with van der Waals surface area (Å²) in [5, 5.41) is 0. The number of rotatable bonds is 4. The van der Waals surface area contributed by atoms with Crippen LogP contribution in [-0.4, -0.2) is 37.4 Å². The van der Waals surface area contributed by atoms with Gasteiger partial charge in [-0.05, 0) is 43.0 Å². The third kappa shape index (κ3) is 4.08. The summed E-state index contributed by atoms with van der Waals surface area (Å²) >= 11 is 0. The average molecular weight is 392 g/mol. The van der Waals surface area contributed by atoms with Crippen molar-refractivity contribution in [1.82, 2.24) is 10.9 Å². The molecule has 0 atom stereocenters. The predicted octanol–water partition coefficient (Wildman–Crippen LogP) is 2.03. The highest BCUT2D eigenvalue weighted by molar-refractivity contribution is 6.05. The molecular formula is C22H24N4O3. The van der Waals surface area contributed by atoms with E-state index in [-0.39, 0.29) is 18.4 Å². The molecule has 7 nitrogen and oxygen atoms in total. The van der Waals surface area contributed by atoms with Gasteiger partial charge in [-0.15, -0.1) is 0 Å². The zero-order chi connectivity index (χ0) is 20.2. The molecule has 3 amide bonds. The van der Waals surface area contributed by atoms with Gasteiger partial charge in [-0.2, -0.15) is 0 Å². The lowest BCUT2D eigenvalue weighted by Gasteiger charge is -2.30. The molecule has 0 aromatic heterocycles. The standard InChI is InChI=1S/C22H24N4O3/c27-20(15-25-13-5-8-16-7-1-3-10-18(16)25)23-24-22(29)17-9-2-4-11-19(17)26-14-6-12-21(26)28/h1-4,7,9-11H,5-6,8,12-15H2,(H,23,27)(H,24,29). The molecular weight excluding hydrogens is 368 g/mol. The van der Waals surface area contributed by atoms with Crippen LogP contribution in [0.15, 0.2) is 48.5 Å². The summed E-state index contributed by atoms with van der Waals surface area (Å²) in [6, 6.07) is 15.0. The number of hydrazine groups is 1. The Kier molecular flexibility index (Phi) is 5.46. The summed E-state index contributed by atoms with van der Waals surface area (Å²) < 4.78 is 0. The lowest BCUT2D eigenvalue weighted by atomic mass is 10.0. The molecule has 2 aliphatic heterocycles. The molecule has 0 aliphatic carbocycles. The van der Waals surface area contributed by atoms with Crippen molar-refractivity contribution >= 4 is 29.1 Å². The van der Waals surface area contributed by atoms with Crippen LogP contribution in [0, 0.1) is 0 Å². The molecule has 29 heavy (non-hydrogen) atoms. The first-order valence-electron chi connectivity index (χ1n) is 9.95. The zero-order valence-corrected chi connectivity index (χ0v) is 16.2. The van der Waals surface area contributed by atoms with Crippen molar-refractivity contribution in [3.8, 4) is 0 Å².